The minimum absolute atomic E-state index is 0.106. The topological polar surface area (TPSA) is 87.5 Å². The van der Waals surface area contributed by atoms with Crippen molar-refractivity contribution < 1.29 is 19.0 Å². The van der Waals surface area contributed by atoms with Crippen LogP contribution in [0.4, 0.5) is 0 Å². The molecule has 0 unspecified atom stereocenters. The standard InChI is InChI=1S/C21H24N4O4/c1-27-17-7-5-16(6-8-17)18-13-25(24-23-18)14-21(26)22-11-10-15-4-9-19(28-2)20(12-15)29-3/h4-9,12-13H,10-11,14H2,1-3H3,(H,22,26). The second-order valence-corrected chi connectivity index (χ2v) is 6.32. The van der Waals surface area contributed by atoms with Gasteiger partial charge in [-0.05, 0) is 48.4 Å². The molecule has 0 atom stereocenters. The fourth-order valence-electron chi connectivity index (χ4n) is 2.86. The normalized spacial score (nSPS) is 10.4. The highest BCUT2D eigenvalue weighted by atomic mass is 16.5. The van der Waals surface area contributed by atoms with Crippen LogP contribution in [0.25, 0.3) is 11.3 Å². The number of carbonyl (C=O) groups excluding carboxylic acids is 1. The molecule has 0 fully saturated rings. The molecule has 1 heterocycles. The molecule has 8 heteroatoms. The molecule has 1 aromatic heterocycles. The zero-order valence-electron chi connectivity index (χ0n) is 16.7. The van der Waals surface area contributed by atoms with E-state index in [2.05, 4.69) is 15.6 Å². The number of rotatable bonds is 9. The molecule has 0 aliphatic carbocycles. The summed E-state index contributed by atoms with van der Waals surface area (Å²) < 4.78 is 17.2. The minimum atomic E-state index is -0.128. The fraction of sp³-hybridized carbons (Fsp3) is 0.286. The number of nitrogens with zero attached hydrogens (tertiary/aromatic N) is 3. The van der Waals surface area contributed by atoms with Gasteiger partial charge in [0.1, 0.15) is 18.0 Å². The van der Waals surface area contributed by atoms with Gasteiger partial charge >= 0.3 is 0 Å². The van der Waals surface area contributed by atoms with Crippen molar-refractivity contribution in [3.05, 3.63) is 54.2 Å². The molecule has 3 rings (SSSR count). The van der Waals surface area contributed by atoms with Gasteiger partial charge in [0.05, 0.1) is 27.5 Å². The maximum atomic E-state index is 12.2. The Morgan fingerprint density at radius 1 is 1.00 bits per heavy atom. The van der Waals surface area contributed by atoms with Gasteiger partial charge in [0.15, 0.2) is 11.5 Å². The van der Waals surface area contributed by atoms with Crippen molar-refractivity contribution in [1.82, 2.24) is 20.3 Å². The first-order valence-electron chi connectivity index (χ1n) is 9.15. The average molecular weight is 396 g/mol. The minimum Gasteiger partial charge on any atom is -0.497 e. The molecule has 0 spiro atoms. The van der Waals surface area contributed by atoms with Gasteiger partial charge in [-0.15, -0.1) is 5.10 Å². The number of ether oxygens (including phenoxy) is 3. The van der Waals surface area contributed by atoms with Gasteiger partial charge in [0, 0.05) is 12.1 Å². The number of hydrogen-bond acceptors (Lipinski definition) is 6. The van der Waals surface area contributed by atoms with Crippen LogP contribution >= 0.6 is 0 Å². The summed E-state index contributed by atoms with van der Waals surface area (Å²) in [6.45, 7) is 0.615. The zero-order valence-corrected chi connectivity index (χ0v) is 16.7. The van der Waals surface area contributed by atoms with E-state index in [0.29, 0.717) is 30.2 Å². The Bertz CT molecular complexity index is 954. The van der Waals surface area contributed by atoms with Gasteiger partial charge in [-0.25, -0.2) is 4.68 Å². The van der Waals surface area contributed by atoms with Crippen molar-refractivity contribution in [2.45, 2.75) is 13.0 Å². The SMILES string of the molecule is COc1ccc(-c2cn(CC(=O)NCCc3ccc(OC)c(OC)c3)nn2)cc1. The predicted molar refractivity (Wildman–Crippen MR) is 108 cm³/mol. The highest BCUT2D eigenvalue weighted by Gasteiger charge is 2.09. The molecule has 0 aliphatic heterocycles. The van der Waals surface area contributed by atoms with E-state index in [-0.39, 0.29) is 12.5 Å². The first kappa shape index (κ1) is 20.2. The van der Waals surface area contributed by atoms with E-state index >= 15 is 0 Å². The highest BCUT2D eigenvalue weighted by Crippen LogP contribution is 2.27. The number of hydrogen-bond donors (Lipinski definition) is 1. The first-order chi connectivity index (χ1) is 14.1. The van der Waals surface area contributed by atoms with Gasteiger partial charge in [-0.2, -0.15) is 0 Å². The predicted octanol–water partition coefficient (Wildman–Crippen LogP) is 2.33. The summed E-state index contributed by atoms with van der Waals surface area (Å²) >= 11 is 0. The molecule has 0 bridgehead atoms. The van der Waals surface area contributed by atoms with Crippen LogP contribution < -0.4 is 19.5 Å². The third kappa shape index (κ3) is 5.25. The van der Waals surface area contributed by atoms with Crippen LogP contribution in [0.2, 0.25) is 0 Å². The summed E-state index contributed by atoms with van der Waals surface area (Å²) in [6.07, 6.45) is 2.43. The maximum Gasteiger partial charge on any atom is 0.241 e. The van der Waals surface area contributed by atoms with Crippen LogP contribution in [-0.2, 0) is 17.8 Å². The van der Waals surface area contributed by atoms with Crippen LogP contribution in [0.5, 0.6) is 17.2 Å². The van der Waals surface area contributed by atoms with Crippen molar-refractivity contribution in [3.63, 3.8) is 0 Å². The molecule has 29 heavy (non-hydrogen) atoms. The third-order valence-electron chi connectivity index (χ3n) is 4.41. The monoisotopic (exact) mass is 396 g/mol. The number of methoxy groups -OCH3 is 3. The fourth-order valence-corrected chi connectivity index (χ4v) is 2.86. The second kappa shape index (κ2) is 9.59. The van der Waals surface area contributed by atoms with E-state index in [4.69, 9.17) is 14.2 Å². The number of aromatic nitrogens is 3. The molecule has 0 saturated heterocycles. The van der Waals surface area contributed by atoms with E-state index in [1.54, 1.807) is 27.5 Å². The Balaban J connectivity index is 1.50. The average Bonchev–Trinajstić information content (AvgIpc) is 3.22. The Morgan fingerprint density at radius 2 is 1.76 bits per heavy atom. The lowest BCUT2D eigenvalue weighted by Crippen LogP contribution is -2.29. The molecule has 0 radical (unpaired) electrons. The Kier molecular flexibility index (Phi) is 6.67. The first-order valence-corrected chi connectivity index (χ1v) is 9.15. The van der Waals surface area contributed by atoms with E-state index in [0.717, 1.165) is 16.9 Å². The molecule has 2 aromatic carbocycles. The molecule has 1 N–H and O–H groups in total. The lowest BCUT2D eigenvalue weighted by Gasteiger charge is -2.10. The smallest absolute Gasteiger partial charge is 0.241 e. The molecular weight excluding hydrogens is 372 g/mol. The van der Waals surface area contributed by atoms with Gasteiger partial charge in [-0.1, -0.05) is 11.3 Å². The second-order valence-electron chi connectivity index (χ2n) is 6.32. The summed E-state index contributed by atoms with van der Waals surface area (Å²) in [5.41, 5.74) is 2.65. The molecular formula is C21H24N4O4. The summed E-state index contributed by atoms with van der Waals surface area (Å²) in [6, 6.07) is 13.2. The van der Waals surface area contributed by atoms with E-state index in [1.807, 2.05) is 42.5 Å². The number of amides is 1. The van der Waals surface area contributed by atoms with Crippen molar-refractivity contribution in [2.75, 3.05) is 27.9 Å². The van der Waals surface area contributed by atoms with E-state index in [9.17, 15) is 4.79 Å². The number of nitrogens with one attached hydrogen (secondary N) is 1. The summed E-state index contributed by atoms with van der Waals surface area (Å²) in [7, 11) is 4.82. The van der Waals surface area contributed by atoms with Crippen LogP contribution in [0.1, 0.15) is 5.56 Å². The quantitative estimate of drug-likeness (QED) is 0.597. The number of benzene rings is 2. The van der Waals surface area contributed by atoms with Gasteiger partial charge in [0.2, 0.25) is 5.91 Å². The van der Waals surface area contributed by atoms with Gasteiger partial charge in [0.25, 0.3) is 0 Å². The molecule has 0 aliphatic rings. The molecule has 3 aromatic rings. The Hall–Kier alpha value is -3.55. The molecule has 1 amide bonds. The summed E-state index contributed by atoms with van der Waals surface area (Å²) in [5.74, 6) is 2.00. The summed E-state index contributed by atoms with van der Waals surface area (Å²) in [5, 5.41) is 11.0. The lowest BCUT2D eigenvalue weighted by molar-refractivity contribution is -0.121. The lowest BCUT2D eigenvalue weighted by atomic mass is 10.1. The van der Waals surface area contributed by atoms with E-state index < -0.39 is 0 Å². The van der Waals surface area contributed by atoms with Crippen molar-refractivity contribution >= 4 is 5.91 Å². The maximum absolute atomic E-state index is 12.2. The van der Waals surface area contributed by atoms with Gasteiger partial charge in [-0.3, -0.25) is 4.79 Å². The Morgan fingerprint density at radius 3 is 2.45 bits per heavy atom. The van der Waals surface area contributed by atoms with Gasteiger partial charge < -0.3 is 19.5 Å². The summed E-state index contributed by atoms with van der Waals surface area (Å²) in [4.78, 5) is 12.2. The van der Waals surface area contributed by atoms with E-state index in [1.165, 1.54) is 4.68 Å². The van der Waals surface area contributed by atoms with Crippen LogP contribution in [0.15, 0.2) is 48.7 Å². The molecule has 8 nitrogen and oxygen atoms in total. The molecule has 0 saturated carbocycles. The number of carbonyl (C=O) groups is 1. The third-order valence-corrected chi connectivity index (χ3v) is 4.41. The van der Waals surface area contributed by atoms with Crippen LogP contribution in [-0.4, -0.2) is 48.8 Å². The Labute approximate surface area is 169 Å². The van der Waals surface area contributed by atoms with Crippen molar-refractivity contribution in [1.29, 1.82) is 0 Å². The van der Waals surface area contributed by atoms with Crippen molar-refractivity contribution in [2.24, 2.45) is 0 Å². The highest BCUT2D eigenvalue weighted by molar-refractivity contribution is 5.75. The van der Waals surface area contributed by atoms with Crippen molar-refractivity contribution in [3.8, 4) is 28.5 Å². The van der Waals surface area contributed by atoms with Crippen LogP contribution in [0.3, 0.4) is 0 Å². The largest absolute Gasteiger partial charge is 0.497 e. The van der Waals surface area contributed by atoms with Crippen LogP contribution in [0, 0.1) is 0 Å². The zero-order chi connectivity index (χ0) is 20.6. The molecule has 152 valence electrons.